The number of H-pyrrole nitrogens is 1. The summed E-state index contributed by atoms with van der Waals surface area (Å²) >= 11 is 0. The average molecular weight is 366 g/mol. The summed E-state index contributed by atoms with van der Waals surface area (Å²) in [7, 11) is 1.55. The quantitative estimate of drug-likeness (QED) is 0.426. The van der Waals surface area contributed by atoms with Crippen LogP contribution in [0.25, 0.3) is 44.1 Å². The number of hydrogen-bond donors (Lipinski definition) is 2. The van der Waals surface area contributed by atoms with Gasteiger partial charge < -0.3 is 9.84 Å². The fourth-order valence-electron chi connectivity index (χ4n) is 3.66. The highest BCUT2D eigenvalue weighted by atomic mass is 16.5. The van der Waals surface area contributed by atoms with Gasteiger partial charge in [0.25, 0.3) is 0 Å². The molecule has 0 bridgehead atoms. The highest BCUT2D eigenvalue weighted by Gasteiger charge is 2.13. The van der Waals surface area contributed by atoms with Gasteiger partial charge in [-0.15, -0.1) is 0 Å². The zero-order valence-electron chi connectivity index (χ0n) is 15.3. The highest BCUT2D eigenvalue weighted by molar-refractivity contribution is 5.98. The lowest BCUT2D eigenvalue weighted by Gasteiger charge is -2.09. The van der Waals surface area contributed by atoms with E-state index in [1.165, 1.54) is 10.8 Å². The summed E-state index contributed by atoms with van der Waals surface area (Å²) in [5, 5.41) is 21.6. The Hall–Kier alpha value is -3.79. The van der Waals surface area contributed by atoms with Crippen LogP contribution < -0.4 is 4.74 Å². The molecule has 4 aromatic carbocycles. The first kappa shape index (κ1) is 16.4. The number of phenols is 1. The lowest BCUT2D eigenvalue weighted by molar-refractivity contribution is 0.374. The van der Waals surface area contributed by atoms with Gasteiger partial charge in [0.1, 0.15) is 0 Å². The number of nitrogens with one attached hydrogen (secondary N) is 1. The van der Waals surface area contributed by atoms with Crippen LogP contribution >= 0.6 is 0 Å². The summed E-state index contributed by atoms with van der Waals surface area (Å²) in [5.74, 6) is 0.595. The molecule has 0 aliphatic carbocycles. The van der Waals surface area contributed by atoms with Crippen LogP contribution in [0.3, 0.4) is 0 Å². The second kappa shape index (κ2) is 6.43. The molecule has 5 aromatic rings. The van der Waals surface area contributed by atoms with Gasteiger partial charge in [0, 0.05) is 16.5 Å². The van der Waals surface area contributed by atoms with Gasteiger partial charge in [-0.1, -0.05) is 54.6 Å². The van der Waals surface area contributed by atoms with Gasteiger partial charge in [-0.05, 0) is 40.6 Å². The topological polar surface area (TPSA) is 58.1 Å². The molecular formula is C24H18N2O2. The molecule has 1 heterocycles. The monoisotopic (exact) mass is 366 g/mol. The van der Waals surface area contributed by atoms with Crippen molar-refractivity contribution in [3.8, 4) is 33.9 Å². The SMILES string of the molecule is COc1cccc(-c2ccc3c(-c4ccc5ccccc5c4)n[nH]c3c2)c1O. The van der Waals surface area contributed by atoms with E-state index in [0.717, 1.165) is 33.3 Å². The third-order valence-electron chi connectivity index (χ3n) is 5.12. The molecule has 136 valence electrons. The summed E-state index contributed by atoms with van der Waals surface area (Å²) in [5.41, 5.74) is 4.53. The lowest BCUT2D eigenvalue weighted by Crippen LogP contribution is -1.86. The zero-order chi connectivity index (χ0) is 19.1. The van der Waals surface area contributed by atoms with Crippen molar-refractivity contribution in [2.75, 3.05) is 7.11 Å². The van der Waals surface area contributed by atoms with Crippen LogP contribution in [-0.2, 0) is 0 Å². The minimum atomic E-state index is 0.138. The van der Waals surface area contributed by atoms with E-state index in [1.807, 2.05) is 42.5 Å². The molecule has 1 aromatic heterocycles. The standard InChI is InChI=1S/C24H18N2O2/c1-28-22-8-4-7-19(24(22)27)17-11-12-20-21(14-17)25-26-23(20)18-10-9-15-5-2-3-6-16(15)13-18/h2-14,27H,1H3,(H,25,26). The predicted octanol–water partition coefficient (Wildman–Crippen LogP) is 5.76. The molecule has 0 spiro atoms. The molecule has 0 radical (unpaired) electrons. The summed E-state index contributed by atoms with van der Waals surface area (Å²) in [6.07, 6.45) is 0. The Morgan fingerprint density at radius 1 is 0.821 bits per heavy atom. The number of methoxy groups -OCH3 is 1. The zero-order valence-corrected chi connectivity index (χ0v) is 15.3. The molecule has 28 heavy (non-hydrogen) atoms. The Morgan fingerprint density at radius 2 is 1.64 bits per heavy atom. The Bertz CT molecular complexity index is 1320. The van der Waals surface area contributed by atoms with Crippen LogP contribution in [0.1, 0.15) is 0 Å². The van der Waals surface area contributed by atoms with Crippen LogP contribution in [0.4, 0.5) is 0 Å². The largest absolute Gasteiger partial charge is 0.504 e. The van der Waals surface area contributed by atoms with Crippen LogP contribution in [0.2, 0.25) is 0 Å². The first-order valence-corrected chi connectivity index (χ1v) is 9.08. The van der Waals surface area contributed by atoms with Gasteiger partial charge in [0.2, 0.25) is 0 Å². The summed E-state index contributed by atoms with van der Waals surface area (Å²) < 4.78 is 5.22. The van der Waals surface area contributed by atoms with Crippen molar-refractivity contribution in [1.29, 1.82) is 0 Å². The number of para-hydroxylation sites is 1. The number of aromatic amines is 1. The first-order chi connectivity index (χ1) is 13.7. The maximum Gasteiger partial charge on any atom is 0.165 e. The molecule has 4 nitrogen and oxygen atoms in total. The maximum atomic E-state index is 10.4. The van der Waals surface area contributed by atoms with Crippen LogP contribution in [-0.4, -0.2) is 22.4 Å². The molecule has 0 aliphatic heterocycles. The fraction of sp³-hybridized carbons (Fsp3) is 0.0417. The summed E-state index contributed by atoms with van der Waals surface area (Å²) in [6, 6.07) is 26.2. The number of ether oxygens (including phenoxy) is 1. The van der Waals surface area contributed by atoms with Crippen LogP contribution in [0.15, 0.2) is 78.9 Å². The second-order valence-electron chi connectivity index (χ2n) is 6.75. The highest BCUT2D eigenvalue weighted by Crippen LogP contribution is 2.38. The van der Waals surface area contributed by atoms with Gasteiger partial charge >= 0.3 is 0 Å². The Balaban J connectivity index is 1.62. The second-order valence-corrected chi connectivity index (χ2v) is 6.75. The average Bonchev–Trinajstić information content (AvgIpc) is 3.17. The van der Waals surface area contributed by atoms with Crippen molar-refractivity contribution in [3.63, 3.8) is 0 Å². The molecule has 0 aliphatic rings. The third kappa shape index (κ3) is 2.58. The third-order valence-corrected chi connectivity index (χ3v) is 5.12. The molecule has 0 unspecified atom stereocenters. The molecule has 5 rings (SSSR count). The van der Waals surface area contributed by atoms with Gasteiger partial charge in [-0.3, -0.25) is 5.10 Å². The molecular weight excluding hydrogens is 348 g/mol. The summed E-state index contributed by atoms with van der Waals surface area (Å²) in [6.45, 7) is 0. The molecule has 4 heteroatoms. The minimum absolute atomic E-state index is 0.138. The Kier molecular flexibility index (Phi) is 3.76. The fourth-order valence-corrected chi connectivity index (χ4v) is 3.66. The van der Waals surface area contributed by atoms with E-state index in [4.69, 9.17) is 4.74 Å². The van der Waals surface area contributed by atoms with E-state index in [9.17, 15) is 5.11 Å². The van der Waals surface area contributed by atoms with Crippen molar-refractivity contribution in [2.45, 2.75) is 0 Å². The number of rotatable bonds is 3. The maximum absolute atomic E-state index is 10.4. The number of phenolic OH excluding ortho intramolecular Hbond substituents is 1. The van der Waals surface area contributed by atoms with E-state index in [1.54, 1.807) is 13.2 Å². The Labute approximate surface area is 162 Å². The van der Waals surface area contributed by atoms with Gasteiger partial charge in [0.15, 0.2) is 11.5 Å². The van der Waals surface area contributed by atoms with Crippen molar-refractivity contribution >= 4 is 21.7 Å². The van der Waals surface area contributed by atoms with E-state index in [2.05, 4.69) is 40.5 Å². The molecule has 0 amide bonds. The smallest absolute Gasteiger partial charge is 0.165 e. The number of fused-ring (bicyclic) bond motifs is 2. The van der Waals surface area contributed by atoms with Crippen LogP contribution in [0.5, 0.6) is 11.5 Å². The minimum Gasteiger partial charge on any atom is -0.504 e. The van der Waals surface area contributed by atoms with Gasteiger partial charge in [0.05, 0.1) is 18.3 Å². The van der Waals surface area contributed by atoms with Crippen molar-refractivity contribution < 1.29 is 9.84 Å². The van der Waals surface area contributed by atoms with E-state index in [-0.39, 0.29) is 5.75 Å². The number of nitrogens with zero attached hydrogens (tertiary/aromatic N) is 1. The number of aromatic hydroxyl groups is 1. The predicted molar refractivity (Wildman–Crippen MR) is 113 cm³/mol. The van der Waals surface area contributed by atoms with Gasteiger partial charge in [-0.25, -0.2) is 0 Å². The summed E-state index contributed by atoms with van der Waals surface area (Å²) in [4.78, 5) is 0. The van der Waals surface area contributed by atoms with Crippen molar-refractivity contribution in [3.05, 3.63) is 78.9 Å². The van der Waals surface area contributed by atoms with Crippen LogP contribution in [0, 0.1) is 0 Å². The van der Waals surface area contributed by atoms with Crippen molar-refractivity contribution in [2.24, 2.45) is 0 Å². The van der Waals surface area contributed by atoms with E-state index < -0.39 is 0 Å². The molecule has 0 saturated heterocycles. The molecule has 2 N–H and O–H groups in total. The van der Waals surface area contributed by atoms with E-state index >= 15 is 0 Å². The van der Waals surface area contributed by atoms with Crippen molar-refractivity contribution in [1.82, 2.24) is 10.2 Å². The molecule has 0 saturated carbocycles. The number of aromatic nitrogens is 2. The molecule has 0 atom stereocenters. The van der Waals surface area contributed by atoms with E-state index in [0.29, 0.717) is 5.75 Å². The Morgan fingerprint density at radius 3 is 2.50 bits per heavy atom. The number of benzene rings is 4. The lowest BCUT2D eigenvalue weighted by atomic mass is 10.00. The molecule has 0 fully saturated rings. The number of hydrogen-bond acceptors (Lipinski definition) is 3. The van der Waals surface area contributed by atoms with Gasteiger partial charge in [-0.2, -0.15) is 5.10 Å². The first-order valence-electron chi connectivity index (χ1n) is 9.08. The normalized spacial score (nSPS) is 11.2.